The molecule has 78 heavy (non-hydrogen) atoms. The number of phenols is 1. The van der Waals surface area contributed by atoms with E-state index in [0.717, 1.165) is 30.0 Å². The summed E-state index contributed by atoms with van der Waals surface area (Å²) in [6.07, 6.45) is 14.8. The highest BCUT2D eigenvalue weighted by atomic mass is 19.2. The summed E-state index contributed by atoms with van der Waals surface area (Å²) in [4.78, 5) is 81.9. The van der Waals surface area contributed by atoms with Crippen LogP contribution in [0, 0.1) is 53.1 Å². The molecule has 2 bridgehead atoms. The van der Waals surface area contributed by atoms with Crippen molar-refractivity contribution in [1.82, 2.24) is 26.4 Å². The molecule has 1 unspecified atom stereocenters. The van der Waals surface area contributed by atoms with Gasteiger partial charge in [0.25, 0.3) is 5.91 Å². The van der Waals surface area contributed by atoms with E-state index in [-0.39, 0.29) is 79.3 Å². The third-order valence-corrected chi connectivity index (χ3v) is 16.0. The van der Waals surface area contributed by atoms with Gasteiger partial charge in [-0.3, -0.25) is 29.0 Å². The van der Waals surface area contributed by atoms with Crippen molar-refractivity contribution in [2.24, 2.45) is 41.4 Å². The molecule has 4 heterocycles. The van der Waals surface area contributed by atoms with Gasteiger partial charge in [0.05, 0.1) is 30.3 Å². The highest BCUT2D eigenvalue weighted by Gasteiger charge is 2.48. The van der Waals surface area contributed by atoms with Crippen molar-refractivity contribution in [3.8, 4) is 5.75 Å². The van der Waals surface area contributed by atoms with Crippen molar-refractivity contribution in [2.75, 3.05) is 6.54 Å². The maximum Gasteiger partial charge on any atom is 0.325 e. The maximum absolute atomic E-state index is 14.6. The number of aliphatic hydroxyl groups excluding tert-OH is 3. The van der Waals surface area contributed by atoms with Gasteiger partial charge in [-0.1, -0.05) is 97.1 Å². The number of amides is 4. The van der Waals surface area contributed by atoms with Gasteiger partial charge < -0.3 is 50.6 Å². The van der Waals surface area contributed by atoms with E-state index in [2.05, 4.69) is 34.4 Å². The van der Waals surface area contributed by atoms with Gasteiger partial charge in [-0.15, -0.1) is 0 Å². The lowest BCUT2D eigenvalue weighted by atomic mass is 9.78. The predicted octanol–water partition coefficient (Wildman–Crippen LogP) is 6.24. The number of ketones is 1. The van der Waals surface area contributed by atoms with Crippen molar-refractivity contribution in [3.05, 3.63) is 89.6 Å². The first kappa shape index (κ1) is 63.2. The monoisotopic (exact) mass is 1090 g/mol. The van der Waals surface area contributed by atoms with Crippen LogP contribution in [-0.2, 0) is 44.7 Å². The number of carbonyl (C=O) groups excluding carboxylic acids is 6. The number of fused-ring (bicyclic) bond motifs is 2. The van der Waals surface area contributed by atoms with Gasteiger partial charge in [0.15, 0.2) is 23.1 Å². The summed E-state index contributed by atoms with van der Waals surface area (Å²) in [6.45, 7) is 16.1. The zero-order chi connectivity index (χ0) is 57.6. The zero-order valence-electron chi connectivity index (χ0n) is 46.8. The predicted molar refractivity (Wildman–Crippen MR) is 289 cm³/mol. The van der Waals surface area contributed by atoms with E-state index < -0.39 is 114 Å². The van der Waals surface area contributed by atoms with E-state index in [1.165, 1.54) is 19.9 Å². The second kappa shape index (κ2) is 29.0. The summed E-state index contributed by atoms with van der Waals surface area (Å²) in [5, 5.41) is 53.9. The Kier molecular flexibility index (Phi) is 23.5. The summed E-state index contributed by atoms with van der Waals surface area (Å²) >= 11 is 0. The fourth-order valence-corrected chi connectivity index (χ4v) is 10.5. The smallest absolute Gasteiger partial charge is 0.325 e. The van der Waals surface area contributed by atoms with Crippen molar-refractivity contribution >= 4 is 35.4 Å². The average molecular weight is 1090 g/mol. The number of hydrazine groups is 1. The molecule has 4 aliphatic rings. The molecule has 1 aromatic carbocycles. The van der Waals surface area contributed by atoms with Crippen LogP contribution in [0.4, 0.5) is 8.78 Å². The van der Waals surface area contributed by atoms with Crippen LogP contribution in [0.15, 0.2) is 72.4 Å². The highest BCUT2D eigenvalue weighted by molar-refractivity contribution is 5.93. The van der Waals surface area contributed by atoms with E-state index in [1.54, 1.807) is 39.0 Å². The number of Topliss-reactive ketones (excluding diaryl/α,β-unsaturated/α-hetero) is 1. The Hall–Kier alpha value is -5.60. The number of rotatable bonds is 15. The number of hydrogen-bond donors (Lipinski definition) is 8. The molecule has 1 aromatic rings. The molecule has 2 saturated heterocycles. The highest BCUT2D eigenvalue weighted by Crippen LogP contribution is 2.39. The van der Waals surface area contributed by atoms with E-state index in [4.69, 9.17) is 9.47 Å². The van der Waals surface area contributed by atoms with Gasteiger partial charge in [-0.05, 0) is 100.0 Å². The molecule has 1 spiro atoms. The summed E-state index contributed by atoms with van der Waals surface area (Å²) in [7, 11) is 0. The molecule has 0 saturated carbocycles. The first-order valence-corrected chi connectivity index (χ1v) is 27.8. The molecule has 4 amide bonds. The lowest BCUT2D eigenvalue weighted by molar-refractivity contribution is -0.174. The quantitative estimate of drug-likeness (QED) is 0.0551. The van der Waals surface area contributed by atoms with Crippen LogP contribution >= 0.6 is 0 Å². The number of nitrogens with zero attached hydrogens (tertiary/aromatic N) is 1. The number of nitrogens with one attached hydrogen (secondary N) is 4. The number of phenolic OH excluding ortho intramolecular Hbond substituents is 1. The van der Waals surface area contributed by atoms with Gasteiger partial charge >= 0.3 is 5.97 Å². The topological polar surface area (TPSA) is 253 Å². The van der Waals surface area contributed by atoms with Crippen molar-refractivity contribution < 1.29 is 67.4 Å². The maximum atomic E-state index is 14.6. The van der Waals surface area contributed by atoms with Gasteiger partial charge in [-0.25, -0.2) is 9.82 Å². The van der Waals surface area contributed by atoms with Crippen LogP contribution in [0.3, 0.4) is 0 Å². The number of hydrogen-bond acceptors (Lipinski definition) is 13. The molecule has 432 valence electrons. The minimum absolute atomic E-state index is 0.0150. The SMILES string of the molecule is CC[C@H]1C[C@H](C)[C@@]2(C=C[C@@H](C)[C@H](C[C@H](O)[C@@H](C)CC/C=C/C=C(\C)[C@@H]3C/C=C/C=C/[C@H](O)[C@H](C)[C@@H](O)[C@@H](CCC(C)=O)C(=O)N[C@@H](C(C)C)C(=O)N[C@@H](Cc4cc(O)c(F)c(F)c4)C(=O)N4CCCC(N4)C(=O)O3)O2)NC1=O. The molecule has 4 aliphatic heterocycles. The second-order valence-electron chi connectivity index (χ2n) is 22.5. The Bertz CT molecular complexity index is 2400. The minimum atomic E-state index is -1.52. The van der Waals surface area contributed by atoms with Gasteiger partial charge in [-0.2, -0.15) is 4.39 Å². The van der Waals surface area contributed by atoms with Crippen LogP contribution in [0.25, 0.3) is 0 Å². The van der Waals surface area contributed by atoms with Crippen LogP contribution in [0.1, 0.15) is 132 Å². The molecule has 5 rings (SSSR count). The number of aliphatic hydroxyl groups is 3. The number of cyclic esters (lactones) is 1. The van der Waals surface area contributed by atoms with E-state index in [0.29, 0.717) is 31.3 Å². The third kappa shape index (κ3) is 17.0. The average Bonchev–Trinajstić information content (AvgIpc) is 3.43. The summed E-state index contributed by atoms with van der Waals surface area (Å²) < 4.78 is 41.6. The van der Waals surface area contributed by atoms with Gasteiger partial charge in [0.1, 0.15) is 30.0 Å². The Morgan fingerprint density at radius 1 is 0.987 bits per heavy atom. The van der Waals surface area contributed by atoms with Crippen molar-refractivity contribution in [1.29, 1.82) is 0 Å². The Morgan fingerprint density at radius 2 is 1.72 bits per heavy atom. The van der Waals surface area contributed by atoms with E-state index in [9.17, 15) is 58.0 Å². The first-order chi connectivity index (χ1) is 36.9. The number of ether oxygens (including phenoxy) is 2. The number of aromatic hydroxyl groups is 1. The molecule has 0 aliphatic carbocycles. The molecule has 19 heteroatoms. The van der Waals surface area contributed by atoms with Gasteiger partial charge in [0.2, 0.25) is 17.7 Å². The summed E-state index contributed by atoms with van der Waals surface area (Å²) in [5.41, 5.74) is 2.66. The number of benzene rings is 1. The zero-order valence-corrected chi connectivity index (χ0v) is 46.8. The van der Waals surface area contributed by atoms with E-state index >= 15 is 0 Å². The van der Waals surface area contributed by atoms with Crippen LogP contribution in [-0.4, -0.2) is 122 Å². The lowest BCUT2D eigenvalue weighted by Gasteiger charge is -2.48. The van der Waals surface area contributed by atoms with Crippen molar-refractivity contribution in [2.45, 2.75) is 187 Å². The van der Waals surface area contributed by atoms with Crippen LogP contribution in [0.5, 0.6) is 5.75 Å². The molecular weight excluding hydrogens is 1010 g/mol. The van der Waals surface area contributed by atoms with Crippen LogP contribution in [0.2, 0.25) is 0 Å². The fraction of sp³-hybridized carbons (Fsp3) is 0.627. The fourth-order valence-electron chi connectivity index (χ4n) is 10.5. The standard InChI is InChI=1S/C59H85F2N5O12/c1-10-41-28-37(7)59(64-54(41)72)26-25-36(6)50(78-59)32-47(69)34(4)18-13-11-14-19-35(5)49-22-16-12-15-21-46(68)39(9)53(71)42(24-23-38(8)67)55(73)63-52(33(2)3)56(74)62-45(30-40-29-43(60)51(61)48(70)31-40)57(75)66-27-17-20-44(65-66)58(76)77-49/h11-12,14-16,19,21,25-26,29,31,33-34,36-37,39,41-42,44-47,49-50,52-53,65,68-71H,10,13,17-18,20,22-24,27-28,30,32H2,1-9H3,(H,62,74)(H,63,73)(H,64,72)/b14-11+,16-12+,21-15+,35-19+/t34-,36+,37-,39-,41-,42+,44?,45-,46-,47-,49-,50-,52-,53+,59-/m0/s1. The molecule has 15 atom stereocenters. The number of carbonyl (C=O) groups is 6. The van der Waals surface area contributed by atoms with E-state index in [1.807, 2.05) is 45.1 Å². The Labute approximate surface area is 458 Å². The lowest BCUT2D eigenvalue weighted by Crippen LogP contribution is -2.62. The Balaban J connectivity index is 1.36. The minimum Gasteiger partial charge on any atom is -0.505 e. The van der Waals surface area contributed by atoms with Crippen LogP contribution < -0.4 is 21.4 Å². The second-order valence-corrected chi connectivity index (χ2v) is 22.5. The largest absolute Gasteiger partial charge is 0.505 e. The molecular formula is C59H85F2N5O12. The molecule has 2 fully saturated rings. The molecule has 17 nitrogen and oxygen atoms in total. The summed E-state index contributed by atoms with van der Waals surface area (Å²) in [6, 6.07) is -2.18. The summed E-state index contributed by atoms with van der Waals surface area (Å²) in [5.74, 6) is -10.1. The Morgan fingerprint density at radius 3 is 2.40 bits per heavy atom. The number of halogens is 2. The number of allylic oxidation sites excluding steroid dienone is 5. The number of esters is 1. The van der Waals surface area contributed by atoms with Crippen molar-refractivity contribution in [3.63, 3.8) is 0 Å². The molecule has 0 aromatic heterocycles. The third-order valence-electron chi connectivity index (χ3n) is 16.0. The molecule has 0 radical (unpaired) electrons. The van der Waals surface area contributed by atoms with Gasteiger partial charge in [0, 0.05) is 55.9 Å². The number of piperidine rings is 1. The normalized spacial score (nSPS) is 32.8. The first-order valence-electron chi connectivity index (χ1n) is 27.8. The molecule has 8 N–H and O–H groups in total.